The van der Waals surface area contributed by atoms with Crippen LogP contribution < -0.4 is 20.0 Å². The van der Waals surface area contributed by atoms with Crippen LogP contribution in [-0.4, -0.2) is 90.8 Å². The standard InChI is InChI=1S/C27H36FN7O3/c1-32-13-11-20(12-14-32)35(25(36)18-7-6-10-21(15-18)38-3)31-27-29-16-23-24(30-27)34(19-8-4-5-9-19)17-22(28)26(37)33(23)2/h6-7,10,15-16,19-20,22H,4-5,8-9,11-14,17H2,1-3H3,(H,29,30,31). The molecule has 1 aromatic carbocycles. The number of hydrazine groups is 1. The second-order valence-electron chi connectivity index (χ2n) is 10.4. The van der Waals surface area contributed by atoms with Gasteiger partial charge in [0.15, 0.2) is 12.0 Å². The lowest BCUT2D eigenvalue weighted by Gasteiger charge is -2.37. The van der Waals surface area contributed by atoms with Crippen LogP contribution in [0.15, 0.2) is 30.5 Å². The Morgan fingerprint density at radius 1 is 1.16 bits per heavy atom. The smallest absolute Gasteiger partial charge is 0.272 e. The first kappa shape index (κ1) is 26.1. The van der Waals surface area contributed by atoms with Gasteiger partial charge in [-0.2, -0.15) is 4.98 Å². The number of halogens is 1. The molecule has 1 aromatic heterocycles. The third-order valence-electron chi connectivity index (χ3n) is 7.91. The summed E-state index contributed by atoms with van der Waals surface area (Å²) in [5, 5.41) is 1.62. The van der Waals surface area contributed by atoms with Crippen molar-refractivity contribution in [2.75, 3.05) is 56.1 Å². The summed E-state index contributed by atoms with van der Waals surface area (Å²) < 4.78 is 20.3. The van der Waals surface area contributed by atoms with E-state index in [4.69, 9.17) is 9.72 Å². The molecule has 11 heteroatoms. The highest BCUT2D eigenvalue weighted by Crippen LogP contribution is 2.36. The molecule has 1 unspecified atom stereocenters. The molecule has 10 nitrogen and oxygen atoms in total. The number of methoxy groups -OCH3 is 1. The van der Waals surface area contributed by atoms with E-state index in [1.807, 2.05) is 4.90 Å². The molecule has 2 amide bonds. The lowest BCUT2D eigenvalue weighted by molar-refractivity contribution is -0.122. The van der Waals surface area contributed by atoms with Crippen molar-refractivity contribution in [2.24, 2.45) is 0 Å². The Hall–Kier alpha value is -3.47. The zero-order valence-electron chi connectivity index (χ0n) is 22.3. The minimum Gasteiger partial charge on any atom is -0.497 e. The molecule has 0 bridgehead atoms. The average Bonchev–Trinajstić information content (AvgIpc) is 3.46. The SMILES string of the molecule is COc1cccc(C(=O)N(Nc2ncc3c(n2)N(C2CCCC2)CC(F)C(=O)N3C)C2CCN(C)CC2)c1. The zero-order valence-corrected chi connectivity index (χ0v) is 22.3. The number of amides is 2. The molecule has 0 radical (unpaired) electrons. The quantitative estimate of drug-likeness (QED) is 0.575. The third kappa shape index (κ3) is 5.24. The minimum atomic E-state index is -1.64. The van der Waals surface area contributed by atoms with Gasteiger partial charge in [-0.1, -0.05) is 18.9 Å². The maximum absolute atomic E-state index is 14.9. The number of nitrogens with zero attached hydrogens (tertiary/aromatic N) is 6. The fourth-order valence-electron chi connectivity index (χ4n) is 5.64. The fourth-order valence-corrected chi connectivity index (χ4v) is 5.64. The summed E-state index contributed by atoms with van der Waals surface area (Å²) in [6.07, 6.45) is 5.46. The van der Waals surface area contributed by atoms with Crippen LogP contribution >= 0.6 is 0 Å². The normalized spacial score (nSPS) is 21.3. The van der Waals surface area contributed by atoms with Gasteiger partial charge in [0.2, 0.25) is 5.95 Å². The molecule has 2 aliphatic heterocycles. The number of nitrogens with one attached hydrogen (secondary N) is 1. The molecule has 1 N–H and O–H groups in total. The van der Waals surface area contributed by atoms with Crippen LogP contribution in [0, 0.1) is 0 Å². The molecule has 1 atom stereocenters. The number of hydrogen-bond acceptors (Lipinski definition) is 8. The molecule has 3 heterocycles. The van der Waals surface area contributed by atoms with Crippen LogP contribution in [0.25, 0.3) is 0 Å². The first-order valence-electron chi connectivity index (χ1n) is 13.3. The van der Waals surface area contributed by atoms with Gasteiger partial charge in [-0.05, 0) is 64.0 Å². The van der Waals surface area contributed by atoms with Gasteiger partial charge >= 0.3 is 0 Å². The fraction of sp³-hybridized carbons (Fsp3) is 0.556. The number of carbonyl (C=O) groups excluding carboxylic acids is 2. The van der Waals surface area contributed by atoms with Gasteiger partial charge in [0.25, 0.3) is 11.8 Å². The van der Waals surface area contributed by atoms with Gasteiger partial charge < -0.3 is 19.4 Å². The third-order valence-corrected chi connectivity index (χ3v) is 7.91. The number of fused-ring (bicyclic) bond motifs is 1. The largest absolute Gasteiger partial charge is 0.497 e. The van der Waals surface area contributed by atoms with Crippen LogP contribution in [0.4, 0.5) is 21.8 Å². The monoisotopic (exact) mass is 525 g/mol. The van der Waals surface area contributed by atoms with Crippen molar-refractivity contribution in [1.29, 1.82) is 0 Å². The molecule has 204 valence electrons. The number of rotatable bonds is 6. The number of piperidine rings is 1. The van der Waals surface area contributed by atoms with Gasteiger partial charge in [0.1, 0.15) is 11.4 Å². The van der Waals surface area contributed by atoms with Gasteiger partial charge in [0, 0.05) is 18.7 Å². The highest BCUT2D eigenvalue weighted by Gasteiger charge is 2.37. The molecular formula is C27H36FN7O3. The Balaban J connectivity index is 1.49. The first-order valence-corrected chi connectivity index (χ1v) is 13.3. The first-order chi connectivity index (χ1) is 18.4. The molecule has 3 aliphatic rings. The predicted octanol–water partition coefficient (Wildman–Crippen LogP) is 3.11. The highest BCUT2D eigenvalue weighted by atomic mass is 19.1. The Bertz CT molecular complexity index is 1170. The number of hydrogen-bond donors (Lipinski definition) is 1. The van der Waals surface area contributed by atoms with Crippen molar-refractivity contribution < 1.29 is 18.7 Å². The van der Waals surface area contributed by atoms with E-state index in [0.29, 0.717) is 22.8 Å². The number of alkyl halides is 1. The summed E-state index contributed by atoms with van der Waals surface area (Å²) in [7, 11) is 5.19. The van der Waals surface area contributed by atoms with E-state index in [1.165, 1.54) is 4.90 Å². The highest BCUT2D eigenvalue weighted by molar-refractivity contribution is 6.00. The summed E-state index contributed by atoms with van der Waals surface area (Å²) in [5.74, 6) is 0.543. The molecular weight excluding hydrogens is 489 g/mol. The molecule has 1 aliphatic carbocycles. The van der Waals surface area contributed by atoms with Gasteiger partial charge in [-0.25, -0.2) is 14.4 Å². The minimum absolute atomic E-state index is 0.0429. The van der Waals surface area contributed by atoms with Crippen LogP contribution in [0.2, 0.25) is 0 Å². The number of carbonyl (C=O) groups is 2. The number of aromatic nitrogens is 2. The van der Waals surface area contributed by atoms with E-state index in [2.05, 4.69) is 22.4 Å². The second-order valence-corrected chi connectivity index (χ2v) is 10.4. The van der Waals surface area contributed by atoms with E-state index < -0.39 is 12.1 Å². The van der Waals surface area contributed by atoms with Gasteiger partial charge in [-0.15, -0.1) is 0 Å². The summed E-state index contributed by atoms with van der Waals surface area (Å²) in [6, 6.07) is 7.10. The van der Waals surface area contributed by atoms with Crippen molar-refractivity contribution in [1.82, 2.24) is 19.9 Å². The van der Waals surface area contributed by atoms with Crippen LogP contribution in [0.3, 0.4) is 0 Å². The summed E-state index contributed by atoms with van der Waals surface area (Å²) in [5.41, 5.74) is 4.16. The number of benzene rings is 1. The molecule has 2 fully saturated rings. The average molecular weight is 526 g/mol. The maximum Gasteiger partial charge on any atom is 0.272 e. The van der Waals surface area contributed by atoms with Crippen molar-refractivity contribution in [3.63, 3.8) is 0 Å². The molecule has 38 heavy (non-hydrogen) atoms. The van der Waals surface area contributed by atoms with Crippen molar-refractivity contribution in [3.05, 3.63) is 36.0 Å². The molecule has 2 aromatic rings. The second kappa shape index (κ2) is 11.1. The van der Waals surface area contributed by atoms with E-state index in [9.17, 15) is 14.0 Å². The van der Waals surface area contributed by atoms with Crippen molar-refractivity contribution >= 4 is 29.3 Å². The lowest BCUT2D eigenvalue weighted by atomic mass is 10.0. The van der Waals surface area contributed by atoms with E-state index in [1.54, 1.807) is 49.6 Å². The number of anilines is 3. The topological polar surface area (TPSA) is 94.1 Å². The summed E-state index contributed by atoms with van der Waals surface area (Å²) in [6.45, 7) is 1.68. The van der Waals surface area contributed by atoms with Crippen LogP contribution in [0.1, 0.15) is 48.9 Å². The predicted molar refractivity (Wildman–Crippen MR) is 143 cm³/mol. The van der Waals surface area contributed by atoms with E-state index in [-0.39, 0.29) is 30.5 Å². The molecule has 5 rings (SSSR count). The lowest BCUT2D eigenvalue weighted by Crippen LogP contribution is -2.49. The Morgan fingerprint density at radius 3 is 2.61 bits per heavy atom. The summed E-state index contributed by atoms with van der Waals surface area (Å²) in [4.78, 5) is 41.2. The number of likely N-dealkylation sites (tertiary alicyclic amines) is 1. The van der Waals surface area contributed by atoms with Crippen LogP contribution in [0.5, 0.6) is 5.75 Å². The number of ether oxygens (including phenoxy) is 1. The Kier molecular flexibility index (Phi) is 7.64. The molecule has 0 spiro atoms. The van der Waals surface area contributed by atoms with Crippen molar-refractivity contribution in [3.8, 4) is 5.75 Å². The zero-order chi connectivity index (χ0) is 26.8. The summed E-state index contributed by atoms with van der Waals surface area (Å²) >= 11 is 0. The molecule has 1 saturated carbocycles. The van der Waals surface area contributed by atoms with E-state index in [0.717, 1.165) is 51.6 Å². The maximum atomic E-state index is 14.9. The van der Waals surface area contributed by atoms with Crippen molar-refractivity contribution in [2.45, 2.75) is 56.8 Å². The Morgan fingerprint density at radius 2 is 1.89 bits per heavy atom. The van der Waals surface area contributed by atoms with E-state index >= 15 is 0 Å². The Labute approximate surface area is 222 Å². The van der Waals surface area contributed by atoms with Crippen LogP contribution in [-0.2, 0) is 4.79 Å². The molecule has 1 saturated heterocycles. The van der Waals surface area contributed by atoms with Gasteiger partial charge in [-0.3, -0.25) is 15.0 Å². The van der Waals surface area contributed by atoms with Gasteiger partial charge in [0.05, 0.1) is 25.9 Å².